The molecule has 0 saturated carbocycles. The summed E-state index contributed by atoms with van der Waals surface area (Å²) in [5, 5.41) is 1.69. The number of hydrogen-bond donors (Lipinski definition) is 1. The van der Waals surface area contributed by atoms with Gasteiger partial charge in [-0.1, -0.05) is 11.8 Å². The van der Waals surface area contributed by atoms with Crippen LogP contribution >= 0.6 is 11.8 Å². The molecule has 0 spiro atoms. The predicted molar refractivity (Wildman–Crippen MR) is 87.4 cm³/mol. The van der Waals surface area contributed by atoms with Crippen LogP contribution in [0.4, 0.5) is 30.7 Å². The van der Waals surface area contributed by atoms with Crippen LogP contribution in [0, 0.1) is 12.7 Å². The number of aryl methyl sites for hydroxylation is 1. The molecule has 0 heterocycles. The lowest BCUT2D eigenvalue weighted by atomic mass is 10.1. The van der Waals surface area contributed by atoms with Crippen LogP contribution in [-0.4, -0.2) is 36.5 Å². The number of hydrogen-bond acceptors (Lipinski definition) is 3. The third kappa shape index (κ3) is 9.73. The first-order chi connectivity index (χ1) is 12.4. The number of rotatable bonds is 9. The molecule has 27 heavy (non-hydrogen) atoms. The number of carbonyl (C=O) groups is 1. The molecular weight excluding hydrogens is 403 g/mol. The molecule has 154 valence electrons. The molecular formula is C16H18F7NO2S. The molecule has 11 heteroatoms. The molecule has 0 radical (unpaired) electrons. The van der Waals surface area contributed by atoms with Crippen LogP contribution in [-0.2, 0) is 0 Å². The first kappa shape index (κ1) is 23.4. The lowest BCUT2D eigenvalue weighted by molar-refractivity contribution is -0.123. The van der Waals surface area contributed by atoms with Crippen molar-refractivity contribution in [2.24, 2.45) is 0 Å². The predicted octanol–water partition coefficient (Wildman–Crippen LogP) is 5.23. The number of unbranched alkanes of at least 4 members (excludes halogenated alkanes) is 2. The maximum atomic E-state index is 13.9. The summed E-state index contributed by atoms with van der Waals surface area (Å²) in [5.41, 5.74) is -4.29. The maximum absolute atomic E-state index is 13.9. The van der Waals surface area contributed by atoms with E-state index >= 15 is 0 Å². The van der Waals surface area contributed by atoms with Gasteiger partial charge in [0.15, 0.2) is 11.6 Å². The Balaban J connectivity index is 2.52. The van der Waals surface area contributed by atoms with Crippen LogP contribution in [0.1, 0.15) is 35.2 Å². The average Bonchev–Trinajstić information content (AvgIpc) is 2.51. The zero-order valence-electron chi connectivity index (χ0n) is 14.3. The van der Waals surface area contributed by atoms with Gasteiger partial charge < -0.3 is 10.1 Å². The third-order valence-electron chi connectivity index (χ3n) is 3.28. The third-order valence-corrected chi connectivity index (χ3v) is 4.10. The molecule has 0 fully saturated rings. The lowest BCUT2D eigenvalue weighted by Gasteiger charge is -2.13. The Morgan fingerprint density at radius 2 is 1.78 bits per heavy atom. The van der Waals surface area contributed by atoms with Crippen molar-refractivity contribution in [1.29, 1.82) is 0 Å². The fourth-order valence-electron chi connectivity index (χ4n) is 2.03. The summed E-state index contributed by atoms with van der Waals surface area (Å²) in [7, 11) is 0. The maximum Gasteiger partial charge on any atom is 0.441 e. The highest BCUT2D eigenvalue weighted by molar-refractivity contribution is 8.00. The van der Waals surface area contributed by atoms with E-state index in [0.29, 0.717) is 19.3 Å². The van der Waals surface area contributed by atoms with Gasteiger partial charge in [-0.3, -0.25) is 4.79 Å². The Labute approximate surface area is 155 Å². The Morgan fingerprint density at radius 1 is 1.11 bits per heavy atom. The molecule has 3 nitrogen and oxygen atoms in total. The topological polar surface area (TPSA) is 38.3 Å². The Hall–Kier alpha value is -1.65. The Bertz CT molecular complexity index is 632. The van der Waals surface area contributed by atoms with Crippen LogP contribution in [0.2, 0.25) is 0 Å². The molecule has 0 aliphatic rings. The van der Waals surface area contributed by atoms with E-state index in [1.54, 1.807) is 5.32 Å². The smallest absolute Gasteiger partial charge is 0.441 e. The van der Waals surface area contributed by atoms with Crippen molar-refractivity contribution < 1.29 is 40.3 Å². The number of amides is 1. The van der Waals surface area contributed by atoms with Gasteiger partial charge in [0, 0.05) is 11.3 Å². The molecule has 1 N–H and O–H groups in total. The van der Waals surface area contributed by atoms with Crippen LogP contribution in [0.5, 0.6) is 5.75 Å². The van der Waals surface area contributed by atoms with Crippen LogP contribution < -0.4 is 10.1 Å². The number of benzene rings is 1. The Morgan fingerprint density at radius 3 is 2.37 bits per heavy atom. The van der Waals surface area contributed by atoms with Gasteiger partial charge in [0.2, 0.25) is 0 Å². The molecule has 0 unspecified atom stereocenters. The van der Waals surface area contributed by atoms with Gasteiger partial charge in [-0.05, 0) is 43.9 Å². The van der Waals surface area contributed by atoms with Gasteiger partial charge in [-0.25, -0.2) is 4.39 Å². The average molecular weight is 421 g/mol. The second-order valence-electron chi connectivity index (χ2n) is 5.60. The molecule has 0 aliphatic carbocycles. The molecule has 0 aromatic heterocycles. The zero-order valence-corrected chi connectivity index (χ0v) is 15.1. The van der Waals surface area contributed by atoms with Gasteiger partial charge in [-0.15, -0.1) is 0 Å². The van der Waals surface area contributed by atoms with Crippen LogP contribution in [0.3, 0.4) is 0 Å². The summed E-state index contributed by atoms with van der Waals surface area (Å²) in [6.45, 7) is -0.150. The van der Waals surface area contributed by atoms with E-state index in [4.69, 9.17) is 4.74 Å². The van der Waals surface area contributed by atoms with Crippen molar-refractivity contribution in [2.75, 3.05) is 18.9 Å². The molecule has 0 bridgehead atoms. The monoisotopic (exact) mass is 421 g/mol. The van der Waals surface area contributed by atoms with E-state index in [9.17, 15) is 35.5 Å². The van der Waals surface area contributed by atoms with Crippen molar-refractivity contribution in [1.82, 2.24) is 5.32 Å². The van der Waals surface area contributed by atoms with E-state index in [-0.39, 0.29) is 41.0 Å². The molecule has 0 atom stereocenters. The van der Waals surface area contributed by atoms with Crippen molar-refractivity contribution in [3.63, 3.8) is 0 Å². The van der Waals surface area contributed by atoms with Gasteiger partial charge in [0.1, 0.15) is 6.54 Å². The fourth-order valence-corrected chi connectivity index (χ4v) is 2.61. The molecule has 1 rings (SSSR count). The highest BCUT2D eigenvalue weighted by atomic mass is 32.2. The van der Waals surface area contributed by atoms with E-state index in [2.05, 4.69) is 0 Å². The standard InChI is InChI=1S/C16H18F7NO2S/c1-10-7-12(17)13(8-11(10)14(25)24-9-15(18,19)20)26-5-3-2-4-6-27-16(21,22)23/h7-8H,2-6,9H2,1H3,(H,24,25). The SMILES string of the molecule is Cc1cc(F)c(OCCCCCSC(F)(F)F)cc1C(=O)NCC(F)(F)F. The normalized spacial score (nSPS) is 12.1. The first-order valence-corrected chi connectivity index (χ1v) is 8.86. The number of thioether (sulfide) groups is 1. The van der Waals surface area contributed by atoms with E-state index in [0.717, 1.165) is 12.1 Å². The minimum absolute atomic E-state index is 0.000273. The minimum atomic E-state index is -4.58. The molecule has 1 aromatic carbocycles. The van der Waals surface area contributed by atoms with Crippen molar-refractivity contribution in [3.8, 4) is 5.75 Å². The summed E-state index contributed by atoms with van der Waals surface area (Å²) < 4.78 is 91.4. The van der Waals surface area contributed by atoms with Crippen LogP contribution in [0.15, 0.2) is 12.1 Å². The minimum Gasteiger partial charge on any atom is -0.490 e. The summed E-state index contributed by atoms with van der Waals surface area (Å²) >= 11 is -0.122. The quantitative estimate of drug-likeness (QED) is 0.439. The molecule has 0 aliphatic heterocycles. The number of ether oxygens (including phenoxy) is 1. The number of carbonyl (C=O) groups excluding carboxylic acids is 1. The van der Waals surface area contributed by atoms with Crippen molar-refractivity contribution in [3.05, 3.63) is 29.1 Å². The highest BCUT2D eigenvalue weighted by Crippen LogP contribution is 2.30. The number of nitrogens with one attached hydrogen (secondary N) is 1. The Kier molecular flexibility index (Phi) is 8.70. The fraction of sp³-hybridized carbons (Fsp3) is 0.562. The van der Waals surface area contributed by atoms with Crippen molar-refractivity contribution in [2.45, 2.75) is 37.9 Å². The largest absolute Gasteiger partial charge is 0.490 e. The zero-order chi connectivity index (χ0) is 20.7. The van der Waals surface area contributed by atoms with E-state index < -0.39 is 30.0 Å². The van der Waals surface area contributed by atoms with E-state index in [1.807, 2.05) is 0 Å². The molecule has 0 saturated heterocycles. The lowest BCUT2D eigenvalue weighted by Crippen LogP contribution is -2.34. The number of halogens is 7. The van der Waals surface area contributed by atoms with Gasteiger partial charge in [-0.2, -0.15) is 26.3 Å². The summed E-state index contributed by atoms with van der Waals surface area (Å²) in [5.74, 6) is -2.19. The van der Waals surface area contributed by atoms with Gasteiger partial charge >= 0.3 is 11.7 Å². The van der Waals surface area contributed by atoms with Gasteiger partial charge in [0.25, 0.3) is 5.91 Å². The number of alkyl halides is 6. The summed E-state index contributed by atoms with van der Waals surface area (Å²) in [4.78, 5) is 11.8. The van der Waals surface area contributed by atoms with Crippen LogP contribution in [0.25, 0.3) is 0 Å². The second kappa shape index (κ2) is 10.0. The van der Waals surface area contributed by atoms with Crippen molar-refractivity contribution >= 4 is 17.7 Å². The summed E-state index contributed by atoms with van der Waals surface area (Å²) in [6, 6.07) is 1.98. The second-order valence-corrected chi connectivity index (χ2v) is 6.76. The highest BCUT2D eigenvalue weighted by Gasteiger charge is 2.28. The first-order valence-electron chi connectivity index (χ1n) is 7.87. The summed E-state index contributed by atoms with van der Waals surface area (Å²) in [6.07, 6.45) is -3.49. The molecule has 1 amide bonds. The molecule has 1 aromatic rings. The van der Waals surface area contributed by atoms with E-state index in [1.165, 1.54) is 6.92 Å². The van der Waals surface area contributed by atoms with Gasteiger partial charge in [0.05, 0.1) is 6.61 Å².